The lowest BCUT2D eigenvalue weighted by Crippen LogP contribution is -2.20. The summed E-state index contributed by atoms with van der Waals surface area (Å²) in [6, 6.07) is 7.55. The fourth-order valence-electron chi connectivity index (χ4n) is 1.19. The molecule has 1 aromatic rings. The van der Waals surface area contributed by atoms with E-state index in [2.05, 4.69) is 0 Å². The van der Waals surface area contributed by atoms with Gasteiger partial charge in [0.1, 0.15) is 0 Å². The number of benzene rings is 1. The predicted molar refractivity (Wildman–Crippen MR) is 59.0 cm³/mol. The first kappa shape index (κ1) is 11.1. The van der Waals surface area contributed by atoms with Crippen LogP contribution in [0.4, 0.5) is 0 Å². The minimum atomic E-state index is -0.369. The summed E-state index contributed by atoms with van der Waals surface area (Å²) in [7, 11) is 0. The Bertz CT molecular complexity index is 310. The molecule has 1 rings (SSSR count). The third-order valence-corrected chi connectivity index (χ3v) is 2.71. The summed E-state index contributed by atoms with van der Waals surface area (Å²) >= 11 is 1.67. The number of carbonyl (C=O) groups is 1. The van der Waals surface area contributed by atoms with E-state index < -0.39 is 0 Å². The maximum absolute atomic E-state index is 10.6. The first-order valence-corrected chi connectivity index (χ1v) is 5.54. The fraction of sp³-hybridized carbons (Fsp3) is 0.300. The van der Waals surface area contributed by atoms with Crippen LogP contribution in [0.15, 0.2) is 29.2 Å². The molecule has 0 aliphatic rings. The molecule has 0 unspecified atom stereocenters. The van der Waals surface area contributed by atoms with Gasteiger partial charge in [-0.1, -0.05) is 12.1 Å². The average Bonchev–Trinajstić information content (AvgIpc) is 2.17. The largest absolute Gasteiger partial charge is 0.370 e. The number of hydrogen-bond donors (Lipinski definition) is 2. The molecule has 0 spiro atoms. The Hall–Kier alpha value is -1.00. The first-order valence-electron chi connectivity index (χ1n) is 4.31. The Morgan fingerprint density at radius 1 is 1.43 bits per heavy atom. The molecule has 0 heterocycles. The lowest BCUT2D eigenvalue weighted by molar-refractivity contribution is -0.118. The number of primary amides is 1. The highest BCUT2D eigenvalue weighted by Crippen LogP contribution is 2.19. The maximum Gasteiger partial charge on any atom is 0.219 e. The predicted octanol–water partition coefficient (Wildman–Crippen LogP) is 1.28. The normalized spacial score (nSPS) is 12.4. The van der Waals surface area contributed by atoms with Crippen molar-refractivity contribution in [2.75, 3.05) is 6.26 Å². The molecule has 0 bridgehead atoms. The molecule has 0 saturated carbocycles. The van der Waals surface area contributed by atoms with E-state index in [1.807, 2.05) is 30.5 Å². The van der Waals surface area contributed by atoms with Crippen LogP contribution in [0.5, 0.6) is 0 Å². The highest BCUT2D eigenvalue weighted by atomic mass is 32.2. The molecule has 14 heavy (non-hydrogen) atoms. The second-order valence-corrected chi connectivity index (χ2v) is 3.93. The second-order valence-electron chi connectivity index (χ2n) is 3.05. The third kappa shape index (κ3) is 3.05. The van der Waals surface area contributed by atoms with Gasteiger partial charge in [-0.25, -0.2) is 0 Å². The van der Waals surface area contributed by atoms with Crippen LogP contribution in [0, 0.1) is 0 Å². The Kier molecular flexibility index (Phi) is 3.98. The molecule has 0 saturated heterocycles. The molecule has 76 valence electrons. The van der Waals surface area contributed by atoms with Gasteiger partial charge in [-0.2, -0.15) is 0 Å². The van der Waals surface area contributed by atoms with E-state index >= 15 is 0 Å². The molecule has 0 aliphatic heterocycles. The molecule has 3 nitrogen and oxygen atoms in total. The smallest absolute Gasteiger partial charge is 0.219 e. The van der Waals surface area contributed by atoms with E-state index in [1.165, 1.54) is 4.90 Å². The second kappa shape index (κ2) is 5.02. The van der Waals surface area contributed by atoms with Crippen LogP contribution in [0.2, 0.25) is 0 Å². The molecule has 1 amide bonds. The SMILES string of the molecule is CSc1ccc([C@H](N)CC(N)=O)cc1. The molecule has 4 heteroatoms. The highest BCUT2D eigenvalue weighted by molar-refractivity contribution is 7.98. The Morgan fingerprint density at radius 3 is 2.43 bits per heavy atom. The number of nitrogens with two attached hydrogens (primary N) is 2. The minimum Gasteiger partial charge on any atom is -0.370 e. The number of rotatable bonds is 4. The van der Waals surface area contributed by atoms with Gasteiger partial charge in [0, 0.05) is 17.4 Å². The van der Waals surface area contributed by atoms with E-state index in [1.54, 1.807) is 11.8 Å². The Labute approximate surface area is 87.9 Å². The zero-order valence-corrected chi connectivity index (χ0v) is 8.88. The zero-order valence-electron chi connectivity index (χ0n) is 8.07. The monoisotopic (exact) mass is 210 g/mol. The number of hydrogen-bond acceptors (Lipinski definition) is 3. The summed E-state index contributed by atoms with van der Waals surface area (Å²) in [5, 5.41) is 0. The average molecular weight is 210 g/mol. The summed E-state index contributed by atoms with van der Waals surface area (Å²) in [6.45, 7) is 0. The van der Waals surface area contributed by atoms with Crippen LogP contribution in [0.1, 0.15) is 18.0 Å². The third-order valence-electron chi connectivity index (χ3n) is 1.97. The van der Waals surface area contributed by atoms with E-state index in [9.17, 15) is 4.79 Å². The summed E-state index contributed by atoms with van der Waals surface area (Å²) in [6.07, 6.45) is 2.21. The fourth-order valence-corrected chi connectivity index (χ4v) is 1.59. The molecule has 1 atom stereocenters. The summed E-state index contributed by atoms with van der Waals surface area (Å²) in [5.74, 6) is -0.369. The summed E-state index contributed by atoms with van der Waals surface area (Å²) < 4.78 is 0. The van der Waals surface area contributed by atoms with E-state index in [0.717, 1.165) is 5.56 Å². The quantitative estimate of drug-likeness (QED) is 0.736. The van der Waals surface area contributed by atoms with Crippen molar-refractivity contribution in [3.05, 3.63) is 29.8 Å². The van der Waals surface area contributed by atoms with Gasteiger partial charge < -0.3 is 11.5 Å². The lowest BCUT2D eigenvalue weighted by atomic mass is 10.0. The molecular formula is C10H14N2OS. The topological polar surface area (TPSA) is 69.1 Å². The van der Waals surface area contributed by atoms with E-state index in [0.29, 0.717) is 0 Å². The first-order chi connectivity index (χ1) is 6.63. The van der Waals surface area contributed by atoms with E-state index in [-0.39, 0.29) is 18.4 Å². The number of carbonyl (C=O) groups excluding carboxylic acids is 1. The van der Waals surface area contributed by atoms with Gasteiger partial charge in [-0.3, -0.25) is 4.79 Å². The molecule has 4 N–H and O–H groups in total. The van der Waals surface area contributed by atoms with Crippen LogP contribution >= 0.6 is 11.8 Å². The van der Waals surface area contributed by atoms with Gasteiger partial charge in [0.15, 0.2) is 0 Å². The zero-order chi connectivity index (χ0) is 10.6. The van der Waals surface area contributed by atoms with Crippen molar-refractivity contribution in [1.82, 2.24) is 0 Å². The van der Waals surface area contributed by atoms with Crippen molar-refractivity contribution < 1.29 is 4.79 Å². The number of amides is 1. The molecule has 1 aromatic carbocycles. The van der Waals surface area contributed by atoms with Gasteiger partial charge in [0.2, 0.25) is 5.91 Å². The van der Waals surface area contributed by atoms with Gasteiger partial charge in [0.05, 0.1) is 0 Å². The van der Waals surface area contributed by atoms with Crippen molar-refractivity contribution in [1.29, 1.82) is 0 Å². The van der Waals surface area contributed by atoms with Gasteiger partial charge in [0.25, 0.3) is 0 Å². The molecule has 0 aliphatic carbocycles. The lowest BCUT2D eigenvalue weighted by Gasteiger charge is -2.09. The Balaban J connectivity index is 2.71. The van der Waals surface area contributed by atoms with Crippen molar-refractivity contribution in [2.45, 2.75) is 17.4 Å². The van der Waals surface area contributed by atoms with Crippen molar-refractivity contribution in [3.63, 3.8) is 0 Å². The van der Waals surface area contributed by atoms with Crippen LogP contribution in [-0.4, -0.2) is 12.2 Å². The van der Waals surface area contributed by atoms with Crippen molar-refractivity contribution in [3.8, 4) is 0 Å². The van der Waals surface area contributed by atoms with E-state index in [4.69, 9.17) is 11.5 Å². The highest BCUT2D eigenvalue weighted by Gasteiger charge is 2.08. The summed E-state index contributed by atoms with van der Waals surface area (Å²) in [4.78, 5) is 11.8. The van der Waals surface area contributed by atoms with Gasteiger partial charge in [-0.15, -0.1) is 11.8 Å². The van der Waals surface area contributed by atoms with Crippen LogP contribution in [-0.2, 0) is 4.79 Å². The Morgan fingerprint density at radius 2 is 2.00 bits per heavy atom. The number of thioether (sulfide) groups is 1. The van der Waals surface area contributed by atoms with Gasteiger partial charge in [-0.05, 0) is 24.0 Å². The van der Waals surface area contributed by atoms with Crippen molar-refractivity contribution in [2.24, 2.45) is 11.5 Å². The van der Waals surface area contributed by atoms with Crippen molar-refractivity contribution >= 4 is 17.7 Å². The summed E-state index contributed by atoms with van der Waals surface area (Å²) in [5.41, 5.74) is 11.8. The molecule has 0 radical (unpaired) electrons. The van der Waals surface area contributed by atoms with Crippen LogP contribution < -0.4 is 11.5 Å². The van der Waals surface area contributed by atoms with Crippen LogP contribution in [0.3, 0.4) is 0 Å². The van der Waals surface area contributed by atoms with Gasteiger partial charge >= 0.3 is 0 Å². The molecule has 0 aromatic heterocycles. The minimum absolute atomic E-state index is 0.193. The molecule has 0 fully saturated rings. The molecular weight excluding hydrogens is 196 g/mol. The maximum atomic E-state index is 10.6. The standard InChI is InChI=1S/C10H14N2OS/c1-14-8-4-2-7(3-5-8)9(11)6-10(12)13/h2-5,9H,6,11H2,1H3,(H2,12,13)/t9-/m1/s1. The van der Waals surface area contributed by atoms with Crippen LogP contribution in [0.25, 0.3) is 0 Å².